The number of carbonyl (C=O) groups is 1. The van der Waals surface area contributed by atoms with Crippen LogP contribution in [0.4, 0.5) is 0 Å². The van der Waals surface area contributed by atoms with Crippen molar-refractivity contribution in [3.63, 3.8) is 0 Å². The minimum absolute atomic E-state index is 0.0842. The van der Waals surface area contributed by atoms with Gasteiger partial charge in [0, 0.05) is 6.42 Å². The number of nitriles is 1. The van der Waals surface area contributed by atoms with Gasteiger partial charge in [0.2, 0.25) is 0 Å². The van der Waals surface area contributed by atoms with Crippen LogP contribution in [0.3, 0.4) is 0 Å². The van der Waals surface area contributed by atoms with Crippen molar-refractivity contribution in [3.8, 4) is 11.8 Å². The first-order valence-electron chi connectivity index (χ1n) is 3.93. The van der Waals surface area contributed by atoms with E-state index in [1.165, 1.54) is 6.07 Å². The zero-order valence-corrected chi connectivity index (χ0v) is 7.03. The number of aromatic hydroxyl groups is 1. The summed E-state index contributed by atoms with van der Waals surface area (Å²) >= 11 is 0. The molecule has 1 aromatic carbocycles. The van der Waals surface area contributed by atoms with E-state index in [2.05, 4.69) is 0 Å². The first kappa shape index (κ1) is 9.27. The number of aryl methyl sites for hydroxylation is 1. The average molecular weight is 175 g/mol. The average Bonchev–Trinajstić information content (AvgIpc) is 2.16. The molecule has 0 bridgehead atoms. The van der Waals surface area contributed by atoms with Gasteiger partial charge >= 0.3 is 0 Å². The number of hydrogen-bond acceptors (Lipinski definition) is 3. The molecule has 3 heteroatoms. The van der Waals surface area contributed by atoms with Crippen LogP contribution in [-0.4, -0.2) is 11.4 Å². The molecule has 1 aromatic rings. The van der Waals surface area contributed by atoms with E-state index in [1.54, 1.807) is 12.1 Å². The SMILES string of the molecule is N#Cc1ccc(CCC=O)c(O)c1. The van der Waals surface area contributed by atoms with Crippen LogP contribution in [0.25, 0.3) is 0 Å². The fraction of sp³-hybridized carbons (Fsp3) is 0.200. The van der Waals surface area contributed by atoms with Crippen LogP contribution < -0.4 is 0 Å². The quantitative estimate of drug-likeness (QED) is 0.706. The predicted molar refractivity (Wildman–Crippen MR) is 47.2 cm³/mol. The molecular weight excluding hydrogens is 166 g/mol. The molecule has 0 amide bonds. The molecule has 0 radical (unpaired) electrons. The standard InChI is InChI=1S/C10H9NO2/c11-7-8-3-4-9(2-1-5-12)10(13)6-8/h3-6,13H,1-2H2. The lowest BCUT2D eigenvalue weighted by Crippen LogP contribution is -1.87. The Labute approximate surface area is 76.2 Å². The Morgan fingerprint density at radius 1 is 1.54 bits per heavy atom. The predicted octanol–water partition coefficient (Wildman–Crippen LogP) is 1.40. The number of phenols is 1. The Hall–Kier alpha value is -1.82. The molecule has 0 aliphatic carbocycles. The first-order valence-corrected chi connectivity index (χ1v) is 3.93. The number of nitrogens with zero attached hydrogens (tertiary/aromatic N) is 1. The summed E-state index contributed by atoms with van der Waals surface area (Å²) in [7, 11) is 0. The van der Waals surface area contributed by atoms with E-state index in [9.17, 15) is 9.90 Å². The lowest BCUT2D eigenvalue weighted by atomic mass is 10.1. The van der Waals surface area contributed by atoms with Gasteiger partial charge in [-0.05, 0) is 24.1 Å². The van der Waals surface area contributed by atoms with Gasteiger partial charge in [0.05, 0.1) is 11.6 Å². The molecule has 1 N–H and O–H groups in total. The zero-order valence-electron chi connectivity index (χ0n) is 7.03. The minimum Gasteiger partial charge on any atom is -0.508 e. The fourth-order valence-electron chi connectivity index (χ4n) is 1.06. The smallest absolute Gasteiger partial charge is 0.120 e. The van der Waals surface area contributed by atoms with Crippen LogP contribution in [0.5, 0.6) is 5.75 Å². The largest absolute Gasteiger partial charge is 0.508 e. The number of aldehydes is 1. The second kappa shape index (κ2) is 4.27. The third-order valence-corrected chi connectivity index (χ3v) is 1.75. The number of phenolic OH excluding ortho intramolecular Hbond substituents is 1. The summed E-state index contributed by atoms with van der Waals surface area (Å²) in [6.07, 6.45) is 1.71. The molecule has 66 valence electrons. The van der Waals surface area contributed by atoms with Gasteiger partial charge < -0.3 is 9.90 Å². The summed E-state index contributed by atoms with van der Waals surface area (Å²) in [6.45, 7) is 0. The number of hydrogen-bond donors (Lipinski definition) is 1. The van der Waals surface area contributed by atoms with E-state index in [0.29, 0.717) is 24.0 Å². The Bertz CT molecular complexity index is 352. The molecule has 3 nitrogen and oxygen atoms in total. The van der Waals surface area contributed by atoms with E-state index in [-0.39, 0.29) is 5.75 Å². The lowest BCUT2D eigenvalue weighted by molar-refractivity contribution is -0.107. The molecule has 0 aliphatic heterocycles. The van der Waals surface area contributed by atoms with E-state index in [1.807, 2.05) is 6.07 Å². The molecule has 0 unspecified atom stereocenters. The Balaban J connectivity index is 2.86. The second-order valence-electron chi connectivity index (χ2n) is 2.66. The highest BCUT2D eigenvalue weighted by Gasteiger charge is 2.01. The van der Waals surface area contributed by atoms with E-state index >= 15 is 0 Å². The van der Waals surface area contributed by atoms with Crippen LogP contribution in [0.2, 0.25) is 0 Å². The van der Waals surface area contributed by atoms with Gasteiger partial charge in [-0.2, -0.15) is 5.26 Å². The molecule has 0 aromatic heterocycles. The van der Waals surface area contributed by atoms with E-state index in [4.69, 9.17) is 5.26 Å². The van der Waals surface area contributed by atoms with Crippen LogP contribution >= 0.6 is 0 Å². The van der Waals surface area contributed by atoms with Crippen molar-refractivity contribution in [2.24, 2.45) is 0 Å². The molecule has 0 fully saturated rings. The van der Waals surface area contributed by atoms with Crippen LogP contribution in [-0.2, 0) is 11.2 Å². The number of rotatable bonds is 3. The maximum absolute atomic E-state index is 10.1. The summed E-state index contributed by atoms with van der Waals surface area (Å²) in [5.74, 6) is 0.0842. The summed E-state index contributed by atoms with van der Waals surface area (Å²) in [4.78, 5) is 10.1. The summed E-state index contributed by atoms with van der Waals surface area (Å²) < 4.78 is 0. The first-order chi connectivity index (χ1) is 6.27. The van der Waals surface area contributed by atoms with E-state index in [0.717, 1.165) is 6.29 Å². The van der Waals surface area contributed by atoms with Crippen molar-refractivity contribution in [2.45, 2.75) is 12.8 Å². The van der Waals surface area contributed by atoms with Crippen LogP contribution in [0.1, 0.15) is 17.5 Å². The van der Waals surface area contributed by atoms with Crippen LogP contribution in [0, 0.1) is 11.3 Å². The summed E-state index contributed by atoms with van der Waals surface area (Å²) in [5, 5.41) is 17.9. The van der Waals surface area contributed by atoms with Gasteiger partial charge in [-0.3, -0.25) is 0 Å². The van der Waals surface area contributed by atoms with E-state index < -0.39 is 0 Å². The monoisotopic (exact) mass is 175 g/mol. The second-order valence-corrected chi connectivity index (χ2v) is 2.66. The Morgan fingerprint density at radius 2 is 2.31 bits per heavy atom. The van der Waals surface area contributed by atoms with Gasteiger partial charge in [-0.25, -0.2) is 0 Å². The van der Waals surface area contributed by atoms with Crippen molar-refractivity contribution >= 4 is 6.29 Å². The van der Waals surface area contributed by atoms with Crippen molar-refractivity contribution in [3.05, 3.63) is 29.3 Å². The van der Waals surface area contributed by atoms with Crippen LogP contribution in [0.15, 0.2) is 18.2 Å². The fourth-order valence-corrected chi connectivity index (χ4v) is 1.06. The Kier molecular flexibility index (Phi) is 3.04. The molecule has 0 spiro atoms. The van der Waals surface area contributed by atoms with Crippen molar-refractivity contribution in [2.75, 3.05) is 0 Å². The highest BCUT2D eigenvalue weighted by Crippen LogP contribution is 2.19. The molecule has 13 heavy (non-hydrogen) atoms. The highest BCUT2D eigenvalue weighted by molar-refractivity contribution is 5.51. The maximum Gasteiger partial charge on any atom is 0.120 e. The van der Waals surface area contributed by atoms with Crippen molar-refractivity contribution < 1.29 is 9.90 Å². The topological polar surface area (TPSA) is 61.1 Å². The zero-order chi connectivity index (χ0) is 9.68. The summed E-state index contributed by atoms with van der Waals surface area (Å²) in [6, 6.07) is 6.61. The summed E-state index contributed by atoms with van der Waals surface area (Å²) in [5.41, 5.74) is 1.12. The van der Waals surface area contributed by atoms with Gasteiger partial charge in [0.15, 0.2) is 0 Å². The number of benzene rings is 1. The molecule has 1 rings (SSSR count). The minimum atomic E-state index is 0.0842. The van der Waals surface area contributed by atoms with Gasteiger partial charge in [-0.1, -0.05) is 6.07 Å². The molecule has 0 heterocycles. The Morgan fingerprint density at radius 3 is 2.85 bits per heavy atom. The lowest BCUT2D eigenvalue weighted by Gasteiger charge is -2.01. The molecular formula is C10H9NO2. The molecule has 0 saturated carbocycles. The van der Waals surface area contributed by atoms with Crippen molar-refractivity contribution in [1.82, 2.24) is 0 Å². The number of carbonyl (C=O) groups excluding carboxylic acids is 1. The highest BCUT2D eigenvalue weighted by atomic mass is 16.3. The third kappa shape index (κ3) is 2.31. The van der Waals surface area contributed by atoms with Gasteiger partial charge in [0.25, 0.3) is 0 Å². The maximum atomic E-state index is 10.1. The van der Waals surface area contributed by atoms with Gasteiger partial charge in [0.1, 0.15) is 12.0 Å². The van der Waals surface area contributed by atoms with Crippen molar-refractivity contribution in [1.29, 1.82) is 5.26 Å². The third-order valence-electron chi connectivity index (χ3n) is 1.75. The normalized spacial score (nSPS) is 9.15. The molecule has 0 aliphatic rings. The molecule has 0 saturated heterocycles. The van der Waals surface area contributed by atoms with Gasteiger partial charge in [-0.15, -0.1) is 0 Å². The molecule has 0 atom stereocenters.